The van der Waals surface area contributed by atoms with Gasteiger partial charge >= 0.3 is 6.03 Å². The van der Waals surface area contributed by atoms with Crippen molar-refractivity contribution in [1.82, 2.24) is 25.3 Å². The van der Waals surface area contributed by atoms with E-state index in [9.17, 15) is 14.4 Å². The van der Waals surface area contributed by atoms with Crippen LogP contribution in [-0.4, -0.2) is 51.2 Å². The van der Waals surface area contributed by atoms with Gasteiger partial charge in [0.05, 0.1) is 6.54 Å². The van der Waals surface area contributed by atoms with E-state index in [1.807, 2.05) is 25.1 Å². The summed E-state index contributed by atoms with van der Waals surface area (Å²) in [6.07, 6.45) is 6.61. The van der Waals surface area contributed by atoms with Gasteiger partial charge in [-0.1, -0.05) is 19.3 Å². The minimum absolute atomic E-state index is 0.0779. The molecule has 2 aliphatic rings. The minimum atomic E-state index is -0.640. The number of benzene rings is 1. The minimum Gasteiger partial charge on any atom is -0.459 e. The lowest BCUT2D eigenvalue weighted by molar-refractivity contribution is -0.119. The highest BCUT2D eigenvalue weighted by Crippen LogP contribution is 2.29. The van der Waals surface area contributed by atoms with Gasteiger partial charge in [0.2, 0.25) is 5.91 Å². The molecule has 3 heterocycles. The summed E-state index contributed by atoms with van der Waals surface area (Å²) >= 11 is 0. The number of fused-ring (bicyclic) bond motifs is 1. The maximum Gasteiger partial charge on any atom is 0.318 e. The Morgan fingerprint density at radius 3 is 2.69 bits per heavy atom. The van der Waals surface area contributed by atoms with Crippen LogP contribution in [0.2, 0.25) is 0 Å². The number of carbonyl (C=O) groups excluding carboxylic acids is 3. The van der Waals surface area contributed by atoms with Crippen molar-refractivity contribution in [2.24, 2.45) is 13.0 Å². The Morgan fingerprint density at radius 1 is 1.19 bits per heavy atom. The standard InChI is InChI=1S/C26H32N6O4/c1-16-14-32(26(35)28-16)15-20-13-18-12-19(8-9-22(18)36-20)29-25(34)23(17-6-4-3-5-7-17)30-24(33)21-10-11-27-31(21)2/h8-13,16-17,23H,3-7,14-15H2,1-2H3,(H,28,35)(H,29,34)(H,30,33)/t16?,23-/m0/s1. The maximum absolute atomic E-state index is 13.4. The third kappa shape index (κ3) is 5.07. The molecule has 0 bridgehead atoms. The fourth-order valence-electron chi connectivity index (χ4n) is 5.24. The van der Waals surface area contributed by atoms with Crippen molar-refractivity contribution in [1.29, 1.82) is 0 Å². The average molecular weight is 493 g/mol. The molecule has 1 aliphatic heterocycles. The number of anilines is 1. The predicted molar refractivity (Wildman–Crippen MR) is 134 cm³/mol. The number of aromatic nitrogens is 2. The van der Waals surface area contributed by atoms with Gasteiger partial charge in [0.15, 0.2) is 0 Å². The first-order valence-corrected chi connectivity index (χ1v) is 12.5. The van der Waals surface area contributed by atoms with Crippen molar-refractivity contribution in [2.75, 3.05) is 11.9 Å². The molecule has 4 amide bonds. The van der Waals surface area contributed by atoms with Crippen molar-refractivity contribution in [2.45, 2.75) is 57.7 Å². The van der Waals surface area contributed by atoms with E-state index < -0.39 is 6.04 Å². The number of hydrogen-bond donors (Lipinski definition) is 3. The van der Waals surface area contributed by atoms with Gasteiger partial charge in [-0.3, -0.25) is 14.3 Å². The molecule has 1 aromatic carbocycles. The van der Waals surface area contributed by atoms with Gasteiger partial charge < -0.3 is 25.3 Å². The third-order valence-corrected chi connectivity index (χ3v) is 7.08. The van der Waals surface area contributed by atoms with E-state index in [-0.39, 0.29) is 29.8 Å². The van der Waals surface area contributed by atoms with Crippen LogP contribution in [0.5, 0.6) is 0 Å². The van der Waals surface area contributed by atoms with E-state index in [0.717, 1.165) is 37.5 Å². The monoisotopic (exact) mass is 492 g/mol. The summed E-state index contributed by atoms with van der Waals surface area (Å²) in [5.41, 5.74) is 1.73. The predicted octanol–water partition coefficient (Wildman–Crippen LogP) is 3.40. The fourth-order valence-corrected chi connectivity index (χ4v) is 5.24. The molecule has 0 spiro atoms. The van der Waals surface area contributed by atoms with E-state index in [2.05, 4.69) is 21.0 Å². The lowest BCUT2D eigenvalue weighted by atomic mass is 9.83. The van der Waals surface area contributed by atoms with Gasteiger partial charge in [-0.25, -0.2) is 4.79 Å². The van der Waals surface area contributed by atoms with Crippen molar-refractivity contribution in [3.8, 4) is 0 Å². The van der Waals surface area contributed by atoms with Gasteiger partial charge in [0.25, 0.3) is 5.91 Å². The molecule has 1 unspecified atom stereocenters. The summed E-state index contributed by atoms with van der Waals surface area (Å²) in [6, 6.07) is 8.36. The number of rotatable bonds is 7. The van der Waals surface area contributed by atoms with Crippen LogP contribution in [0, 0.1) is 5.92 Å². The Kier molecular flexibility index (Phi) is 6.67. The molecule has 1 saturated carbocycles. The molecular formula is C26H32N6O4. The Morgan fingerprint density at radius 2 is 2.00 bits per heavy atom. The molecule has 36 heavy (non-hydrogen) atoms. The summed E-state index contributed by atoms with van der Waals surface area (Å²) < 4.78 is 7.42. The van der Waals surface area contributed by atoms with Crippen molar-refractivity contribution < 1.29 is 18.8 Å². The molecule has 10 nitrogen and oxygen atoms in total. The fraction of sp³-hybridized carbons (Fsp3) is 0.462. The van der Waals surface area contributed by atoms with Gasteiger partial charge in [0.1, 0.15) is 23.1 Å². The van der Waals surface area contributed by atoms with Gasteiger partial charge in [-0.05, 0) is 56.0 Å². The SMILES string of the molecule is CC1CN(Cc2cc3cc(NC(=O)[C@@H](NC(=O)c4ccnn4C)C4CCCCC4)ccc3o2)C(=O)N1. The average Bonchev–Trinajstić information content (AvgIpc) is 3.55. The summed E-state index contributed by atoms with van der Waals surface area (Å²) in [6.45, 7) is 2.98. The largest absolute Gasteiger partial charge is 0.459 e. The maximum atomic E-state index is 13.4. The molecule has 1 aliphatic carbocycles. The lowest BCUT2D eigenvalue weighted by Crippen LogP contribution is -2.49. The molecule has 3 aromatic rings. The molecule has 3 N–H and O–H groups in total. The Bertz CT molecular complexity index is 1270. The van der Waals surface area contributed by atoms with Crippen molar-refractivity contribution in [3.63, 3.8) is 0 Å². The van der Waals surface area contributed by atoms with E-state index in [1.54, 1.807) is 30.3 Å². The summed E-state index contributed by atoms with van der Waals surface area (Å²) in [5.74, 6) is 0.217. The van der Waals surface area contributed by atoms with Crippen LogP contribution in [-0.2, 0) is 18.4 Å². The Labute approximate surface area is 209 Å². The van der Waals surface area contributed by atoms with E-state index >= 15 is 0 Å². The number of nitrogens with zero attached hydrogens (tertiary/aromatic N) is 3. The van der Waals surface area contributed by atoms with Crippen LogP contribution < -0.4 is 16.0 Å². The van der Waals surface area contributed by atoms with Crippen molar-refractivity contribution >= 4 is 34.5 Å². The third-order valence-electron chi connectivity index (χ3n) is 7.08. The molecule has 2 fully saturated rings. The van der Waals surface area contributed by atoms with Gasteiger partial charge in [0, 0.05) is 36.9 Å². The summed E-state index contributed by atoms with van der Waals surface area (Å²) in [4.78, 5) is 40.1. The van der Waals surface area contributed by atoms with Crippen LogP contribution in [0.3, 0.4) is 0 Å². The first-order valence-electron chi connectivity index (χ1n) is 12.5. The Balaban J connectivity index is 1.31. The quantitative estimate of drug-likeness (QED) is 0.467. The first kappa shape index (κ1) is 23.9. The number of hydrogen-bond acceptors (Lipinski definition) is 5. The molecule has 2 aromatic heterocycles. The van der Waals surface area contributed by atoms with Gasteiger partial charge in [-0.15, -0.1) is 0 Å². The first-order chi connectivity index (χ1) is 17.4. The summed E-state index contributed by atoms with van der Waals surface area (Å²) in [5, 5.41) is 13.7. The molecule has 190 valence electrons. The second-order valence-electron chi connectivity index (χ2n) is 9.87. The molecule has 5 rings (SSSR count). The molecule has 2 atom stereocenters. The summed E-state index contributed by atoms with van der Waals surface area (Å²) in [7, 11) is 1.70. The number of carbonyl (C=O) groups is 3. The smallest absolute Gasteiger partial charge is 0.318 e. The number of urea groups is 1. The highest BCUT2D eigenvalue weighted by molar-refractivity contribution is 6.01. The molecule has 0 radical (unpaired) electrons. The highest BCUT2D eigenvalue weighted by atomic mass is 16.3. The van der Waals surface area contributed by atoms with E-state index in [1.165, 1.54) is 4.68 Å². The van der Waals surface area contributed by atoms with Crippen LogP contribution in [0.4, 0.5) is 10.5 Å². The normalized spacial score (nSPS) is 19.3. The van der Waals surface area contributed by atoms with Crippen LogP contribution in [0.15, 0.2) is 40.9 Å². The van der Waals surface area contributed by atoms with Crippen LogP contribution >= 0.6 is 0 Å². The second-order valence-corrected chi connectivity index (χ2v) is 9.87. The highest BCUT2D eigenvalue weighted by Gasteiger charge is 2.32. The van der Waals surface area contributed by atoms with E-state index in [0.29, 0.717) is 35.8 Å². The molecular weight excluding hydrogens is 460 g/mol. The number of amides is 4. The van der Waals surface area contributed by atoms with Crippen LogP contribution in [0.1, 0.15) is 55.3 Å². The molecule has 10 heteroatoms. The van der Waals surface area contributed by atoms with E-state index in [4.69, 9.17) is 4.42 Å². The zero-order valence-corrected chi connectivity index (χ0v) is 20.6. The van der Waals surface area contributed by atoms with Crippen molar-refractivity contribution in [3.05, 3.63) is 48.0 Å². The number of nitrogens with one attached hydrogen (secondary N) is 3. The van der Waals surface area contributed by atoms with Gasteiger partial charge in [-0.2, -0.15) is 5.10 Å². The zero-order valence-electron chi connectivity index (χ0n) is 20.6. The topological polar surface area (TPSA) is 122 Å². The Hall–Kier alpha value is -3.82. The number of aryl methyl sites for hydroxylation is 1. The number of furan rings is 1. The molecule has 1 saturated heterocycles. The zero-order chi connectivity index (χ0) is 25.2. The van der Waals surface area contributed by atoms with Crippen LogP contribution in [0.25, 0.3) is 11.0 Å². The second kappa shape index (κ2) is 10.0. The lowest BCUT2D eigenvalue weighted by Gasteiger charge is -2.30.